The number of thiophene rings is 1. The fourth-order valence-electron chi connectivity index (χ4n) is 0.997. The molecule has 0 saturated heterocycles. The second kappa shape index (κ2) is 3.37. The molecule has 0 fully saturated rings. The van der Waals surface area contributed by atoms with E-state index in [4.69, 9.17) is 0 Å². The van der Waals surface area contributed by atoms with Crippen LogP contribution in [0.15, 0.2) is 39.6 Å². The Bertz CT molecular complexity index is 370. The molecule has 0 N–H and O–H groups in total. The number of nitrogens with zero attached hydrogens (tertiary/aromatic N) is 1. The lowest BCUT2D eigenvalue weighted by molar-refractivity contribution is 1.31. The Labute approximate surface area is 83.2 Å². The van der Waals surface area contributed by atoms with Crippen molar-refractivity contribution >= 4 is 27.3 Å². The summed E-state index contributed by atoms with van der Waals surface area (Å²) in [7, 11) is 0. The predicted molar refractivity (Wildman–Crippen MR) is 55.3 cm³/mol. The van der Waals surface area contributed by atoms with Gasteiger partial charge in [-0.2, -0.15) is 11.3 Å². The number of hydrogen-bond donors (Lipinski definition) is 0. The van der Waals surface area contributed by atoms with Crippen molar-refractivity contribution < 1.29 is 0 Å². The van der Waals surface area contributed by atoms with Crippen LogP contribution in [0.25, 0.3) is 11.3 Å². The first-order valence-corrected chi connectivity index (χ1v) is 5.24. The third-order valence-corrected chi connectivity index (χ3v) is 2.88. The SMILES string of the molecule is Brc1cccnc1-c1ccsc1. The van der Waals surface area contributed by atoms with Gasteiger partial charge in [0.05, 0.1) is 5.69 Å². The fraction of sp³-hybridized carbons (Fsp3) is 0. The molecule has 3 heteroatoms. The van der Waals surface area contributed by atoms with E-state index in [1.54, 1.807) is 17.5 Å². The quantitative estimate of drug-likeness (QED) is 0.742. The highest BCUT2D eigenvalue weighted by atomic mass is 79.9. The van der Waals surface area contributed by atoms with Gasteiger partial charge in [0.2, 0.25) is 0 Å². The van der Waals surface area contributed by atoms with E-state index in [2.05, 4.69) is 37.7 Å². The van der Waals surface area contributed by atoms with Crippen molar-refractivity contribution in [2.45, 2.75) is 0 Å². The molecule has 2 aromatic heterocycles. The number of rotatable bonds is 1. The van der Waals surface area contributed by atoms with Gasteiger partial charge in [-0.25, -0.2) is 0 Å². The molecule has 0 radical (unpaired) electrons. The second-order valence-corrected chi connectivity index (χ2v) is 3.98. The lowest BCUT2D eigenvalue weighted by atomic mass is 10.2. The van der Waals surface area contributed by atoms with Crippen molar-refractivity contribution in [1.29, 1.82) is 0 Å². The minimum absolute atomic E-state index is 1.01. The standard InChI is InChI=1S/C9H6BrNS/c10-8-2-1-4-11-9(8)7-3-5-12-6-7/h1-6H. The zero-order valence-corrected chi connectivity index (χ0v) is 8.60. The first-order valence-electron chi connectivity index (χ1n) is 3.51. The van der Waals surface area contributed by atoms with E-state index in [1.807, 2.05) is 12.1 Å². The summed E-state index contributed by atoms with van der Waals surface area (Å²) >= 11 is 5.14. The van der Waals surface area contributed by atoms with Gasteiger partial charge in [0, 0.05) is 21.6 Å². The van der Waals surface area contributed by atoms with Crippen molar-refractivity contribution in [3.63, 3.8) is 0 Å². The van der Waals surface area contributed by atoms with E-state index in [9.17, 15) is 0 Å². The zero-order valence-electron chi connectivity index (χ0n) is 6.20. The average molecular weight is 240 g/mol. The van der Waals surface area contributed by atoms with Crippen molar-refractivity contribution in [3.8, 4) is 11.3 Å². The largest absolute Gasteiger partial charge is 0.255 e. The molecule has 1 nitrogen and oxygen atoms in total. The molecule has 0 unspecified atom stereocenters. The first kappa shape index (κ1) is 7.95. The molecule has 60 valence electrons. The van der Waals surface area contributed by atoms with E-state index in [-0.39, 0.29) is 0 Å². The minimum atomic E-state index is 1.01. The molecular formula is C9H6BrNS. The first-order chi connectivity index (χ1) is 5.88. The van der Waals surface area contributed by atoms with E-state index < -0.39 is 0 Å². The maximum atomic E-state index is 4.28. The molecule has 0 saturated carbocycles. The van der Waals surface area contributed by atoms with E-state index >= 15 is 0 Å². The number of aromatic nitrogens is 1. The highest BCUT2D eigenvalue weighted by molar-refractivity contribution is 9.10. The third kappa shape index (κ3) is 1.42. The Morgan fingerprint density at radius 3 is 2.92 bits per heavy atom. The van der Waals surface area contributed by atoms with Gasteiger partial charge in [-0.3, -0.25) is 4.98 Å². The smallest absolute Gasteiger partial charge is 0.0852 e. The number of halogens is 1. The minimum Gasteiger partial charge on any atom is -0.255 e. The molecule has 0 aliphatic rings. The van der Waals surface area contributed by atoms with Gasteiger partial charge < -0.3 is 0 Å². The molecule has 2 rings (SSSR count). The van der Waals surface area contributed by atoms with Crippen LogP contribution in [0.3, 0.4) is 0 Å². The molecule has 0 aromatic carbocycles. The number of pyridine rings is 1. The summed E-state index contributed by atoms with van der Waals surface area (Å²) in [4.78, 5) is 4.28. The van der Waals surface area contributed by atoms with E-state index in [0.29, 0.717) is 0 Å². The van der Waals surface area contributed by atoms with Crippen molar-refractivity contribution in [1.82, 2.24) is 4.98 Å². The van der Waals surface area contributed by atoms with Crippen LogP contribution in [0.5, 0.6) is 0 Å². The van der Waals surface area contributed by atoms with Gasteiger partial charge in [-0.1, -0.05) is 0 Å². The van der Waals surface area contributed by atoms with Crippen LogP contribution in [0.1, 0.15) is 0 Å². The van der Waals surface area contributed by atoms with Crippen LogP contribution in [0.4, 0.5) is 0 Å². The van der Waals surface area contributed by atoms with Gasteiger partial charge >= 0.3 is 0 Å². The predicted octanol–water partition coefficient (Wildman–Crippen LogP) is 3.57. The summed E-state index contributed by atoms with van der Waals surface area (Å²) in [6.07, 6.45) is 1.80. The third-order valence-electron chi connectivity index (χ3n) is 1.55. The maximum absolute atomic E-state index is 4.28. The molecule has 2 aromatic rings. The zero-order chi connectivity index (χ0) is 8.39. The van der Waals surface area contributed by atoms with Crippen LogP contribution in [0.2, 0.25) is 0 Å². The Hall–Kier alpha value is -0.670. The summed E-state index contributed by atoms with van der Waals surface area (Å²) < 4.78 is 1.04. The molecule has 0 bridgehead atoms. The molecule has 0 aliphatic heterocycles. The lowest BCUT2D eigenvalue weighted by Crippen LogP contribution is -1.80. The van der Waals surface area contributed by atoms with Crippen LogP contribution in [-0.4, -0.2) is 4.98 Å². The van der Waals surface area contributed by atoms with E-state index in [0.717, 1.165) is 10.2 Å². The summed E-state index contributed by atoms with van der Waals surface area (Å²) in [5.74, 6) is 0. The van der Waals surface area contributed by atoms with Crippen molar-refractivity contribution in [2.75, 3.05) is 0 Å². The summed E-state index contributed by atoms with van der Waals surface area (Å²) in [6, 6.07) is 5.98. The molecule has 2 heterocycles. The summed E-state index contributed by atoms with van der Waals surface area (Å²) in [6.45, 7) is 0. The Morgan fingerprint density at radius 1 is 1.33 bits per heavy atom. The normalized spacial score (nSPS) is 10.1. The van der Waals surface area contributed by atoms with Gasteiger partial charge in [0.15, 0.2) is 0 Å². The fourth-order valence-corrected chi connectivity index (χ4v) is 2.12. The molecule has 12 heavy (non-hydrogen) atoms. The van der Waals surface area contributed by atoms with Crippen LogP contribution in [-0.2, 0) is 0 Å². The number of hydrogen-bond acceptors (Lipinski definition) is 2. The Kier molecular flexibility index (Phi) is 2.23. The maximum Gasteiger partial charge on any atom is 0.0852 e. The lowest BCUT2D eigenvalue weighted by Gasteiger charge is -1.98. The van der Waals surface area contributed by atoms with Gasteiger partial charge in [-0.15, -0.1) is 0 Å². The van der Waals surface area contributed by atoms with Crippen molar-refractivity contribution in [3.05, 3.63) is 39.6 Å². The second-order valence-electron chi connectivity index (χ2n) is 2.35. The van der Waals surface area contributed by atoms with Crippen LogP contribution >= 0.6 is 27.3 Å². The highest BCUT2D eigenvalue weighted by Crippen LogP contribution is 2.26. The highest BCUT2D eigenvalue weighted by Gasteiger charge is 2.02. The monoisotopic (exact) mass is 239 g/mol. The molecule has 0 spiro atoms. The summed E-state index contributed by atoms with van der Waals surface area (Å²) in [5, 5.41) is 4.14. The Morgan fingerprint density at radius 2 is 2.25 bits per heavy atom. The van der Waals surface area contributed by atoms with Crippen molar-refractivity contribution in [2.24, 2.45) is 0 Å². The van der Waals surface area contributed by atoms with Gasteiger partial charge in [-0.05, 0) is 39.5 Å². The van der Waals surface area contributed by atoms with Gasteiger partial charge in [0.25, 0.3) is 0 Å². The van der Waals surface area contributed by atoms with Crippen LogP contribution < -0.4 is 0 Å². The Balaban J connectivity index is 2.55. The molecular weight excluding hydrogens is 234 g/mol. The van der Waals surface area contributed by atoms with Gasteiger partial charge in [0.1, 0.15) is 0 Å². The van der Waals surface area contributed by atoms with Crippen LogP contribution in [0, 0.1) is 0 Å². The molecule has 0 aliphatic carbocycles. The molecule has 0 atom stereocenters. The van der Waals surface area contributed by atoms with E-state index in [1.165, 1.54) is 5.56 Å². The topological polar surface area (TPSA) is 12.9 Å². The molecule has 0 amide bonds. The summed E-state index contributed by atoms with van der Waals surface area (Å²) in [5.41, 5.74) is 2.19. The average Bonchev–Trinajstić information content (AvgIpc) is 2.57.